The Morgan fingerprint density at radius 2 is 2.17 bits per heavy atom. The maximum Gasteiger partial charge on any atom is 0.175 e. The summed E-state index contributed by atoms with van der Waals surface area (Å²) in [5.41, 5.74) is 7.22. The van der Waals surface area contributed by atoms with Crippen molar-refractivity contribution < 1.29 is 4.84 Å². The van der Waals surface area contributed by atoms with Gasteiger partial charge in [-0.15, -0.1) is 0 Å². The zero-order chi connectivity index (χ0) is 9.14. The number of nitrogens with two attached hydrogens (primary N) is 1. The van der Waals surface area contributed by atoms with Crippen LogP contribution in [0.5, 0.6) is 0 Å². The monoisotopic (exact) mass is 167 g/mol. The van der Waals surface area contributed by atoms with E-state index in [9.17, 15) is 0 Å². The molecule has 0 aromatic carbocycles. The van der Waals surface area contributed by atoms with Gasteiger partial charge in [-0.2, -0.15) is 0 Å². The van der Waals surface area contributed by atoms with Crippen molar-refractivity contribution in [1.82, 2.24) is 4.98 Å². The Balaban J connectivity index is 3.04. The van der Waals surface area contributed by atoms with E-state index in [4.69, 9.17) is 10.6 Å². The van der Waals surface area contributed by atoms with Crippen LogP contribution < -0.4 is 10.8 Å². The molecular formula is C8H13N3O. The molecule has 0 spiro atoms. The summed E-state index contributed by atoms with van der Waals surface area (Å²) in [7, 11) is 3.33. The molecule has 0 aliphatic heterocycles. The highest BCUT2D eigenvalue weighted by atomic mass is 16.7. The second-order valence-corrected chi connectivity index (χ2v) is 2.55. The van der Waals surface area contributed by atoms with Gasteiger partial charge in [0.05, 0.1) is 12.8 Å². The molecule has 0 saturated heterocycles. The average Bonchev–Trinajstić information content (AvgIpc) is 2.08. The van der Waals surface area contributed by atoms with E-state index in [-0.39, 0.29) is 0 Å². The van der Waals surface area contributed by atoms with Gasteiger partial charge in [-0.3, -0.25) is 4.84 Å². The number of hydroxylamine groups is 1. The Kier molecular flexibility index (Phi) is 2.50. The van der Waals surface area contributed by atoms with Crippen LogP contribution in [0.2, 0.25) is 0 Å². The molecule has 0 fully saturated rings. The van der Waals surface area contributed by atoms with Crippen LogP contribution in [-0.2, 0) is 4.84 Å². The van der Waals surface area contributed by atoms with Gasteiger partial charge in [-0.25, -0.2) is 10.0 Å². The fourth-order valence-electron chi connectivity index (χ4n) is 0.892. The number of pyridine rings is 1. The van der Waals surface area contributed by atoms with Crippen LogP contribution in [0.15, 0.2) is 12.1 Å². The van der Waals surface area contributed by atoms with Crippen molar-refractivity contribution in [3.63, 3.8) is 0 Å². The van der Waals surface area contributed by atoms with Crippen LogP contribution in [0.4, 0.5) is 11.5 Å². The standard InChI is InChI=1S/C8H13N3O/c1-6-4-5-7(9)8(10-6)11(2)12-3/h4-5H,9H2,1-3H3. The number of hydrogen-bond acceptors (Lipinski definition) is 4. The minimum absolute atomic E-state index is 0.616. The van der Waals surface area contributed by atoms with Gasteiger partial charge in [0.25, 0.3) is 0 Å². The van der Waals surface area contributed by atoms with E-state index < -0.39 is 0 Å². The Labute approximate surface area is 71.9 Å². The molecule has 0 atom stereocenters. The minimum Gasteiger partial charge on any atom is -0.396 e. The van der Waals surface area contributed by atoms with Crippen molar-refractivity contribution in [3.8, 4) is 0 Å². The van der Waals surface area contributed by atoms with Gasteiger partial charge >= 0.3 is 0 Å². The molecule has 0 aliphatic rings. The molecule has 4 nitrogen and oxygen atoms in total. The van der Waals surface area contributed by atoms with Crippen LogP contribution in [0.1, 0.15) is 5.69 Å². The highest BCUT2D eigenvalue weighted by Gasteiger charge is 2.05. The summed E-state index contributed by atoms with van der Waals surface area (Å²) in [4.78, 5) is 9.18. The first-order valence-electron chi connectivity index (χ1n) is 3.66. The van der Waals surface area contributed by atoms with Crippen molar-refractivity contribution in [2.45, 2.75) is 6.92 Å². The molecular weight excluding hydrogens is 154 g/mol. The van der Waals surface area contributed by atoms with Gasteiger partial charge in [0, 0.05) is 12.7 Å². The lowest BCUT2D eigenvalue weighted by molar-refractivity contribution is 0.183. The number of rotatable bonds is 2. The summed E-state index contributed by atoms with van der Waals surface area (Å²) in [6.07, 6.45) is 0. The van der Waals surface area contributed by atoms with E-state index >= 15 is 0 Å². The fraction of sp³-hybridized carbons (Fsp3) is 0.375. The van der Waals surface area contributed by atoms with Crippen molar-refractivity contribution in [1.29, 1.82) is 0 Å². The fourth-order valence-corrected chi connectivity index (χ4v) is 0.892. The van der Waals surface area contributed by atoms with Crippen LogP contribution in [0, 0.1) is 6.92 Å². The van der Waals surface area contributed by atoms with E-state index in [1.165, 1.54) is 5.06 Å². The molecule has 0 radical (unpaired) electrons. The number of hydrogen-bond donors (Lipinski definition) is 1. The maximum atomic E-state index is 5.68. The molecule has 0 amide bonds. The Bertz CT molecular complexity index is 275. The normalized spacial score (nSPS) is 9.92. The van der Waals surface area contributed by atoms with Crippen molar-refractivity contribution in [2.75, 3.05) is 25.0 Å². The largest absolute Gasteiger partial charge is 0.396 e. The Morgan fingerprint density at radius 1 is 1.50 bits per heavy atom. The number of aryl methyl sites for hydroxylation is 1. The summed E-state index contributed by atoms with van der Waals surface area (Å²) in [6, 6.07) is 3.68. The third-order valence-corrected chi connectivity index (χ3v) is 1.62. The second-order valence-electron chi connectivity index (χ2n) is 2.55. The number of aromatic nitrogens is 1. The first-order valence-corrected chi connectivity index (χ1v) is 3.66. The molecule has 66 valence electrons. The highest BCUT2D eigenvalue weighted by Crippen LogP contribution is 2.18. The molecule has 1 aromatic rings. The van der Waals surface area contributed by atoms with Crippen LogP contribution >= 0.6 is 0 Å². The summed E-state index contributed by atoms with van der Waals surface area (Å²) in [5, 5.41) is 1.53. The summed E-state index contributed by atoms with van der Waals surface area (Å²) in [5.74, 6) is 0.650. The molecule has 1 rings (SSSR count). The van der Waals surface area contributed by atoms with Crippen LogP contribution in [0.3, 0.4) is 0 Å². The van der Waals surface area contributed by atoms with Crippen LogP contribution in [0.25, 0.3) is 0 Å². The number of nitrogens with zero attached hydrogens (tertiary/aromatic N) is 2. The van der Waals surface area contributed by atoms with E-state index in [0.29, 0.717) is 11.5 Å². The molecule has 1 aromatic heterocycles. The predicted molar refractivity (Wildman–Crippen MR) is 48.8 cm³/mol. The van der Waals surface area contributed by atoms with E-state index in [1.807, 2.05) is 19.1 Å². The van der Waals surface area contributed by atoms with E-state index in [0.717, 1.165) is 5.69 Å². The molecule has 0 saturated carbocycles. The van der Waals surface area contributed by atoms with Gasteiger partial charge in [0.15, 0.2) is 5.82 Å². The summed E-state index contributed by atoms with van der Waals surface area (Å²) in [6.45, 7) is 1.91. The van der Waals surface area contributed by atoms with Gasteiger partial charge in [-0.1, -0.05) is 0 Å². The average molecular weight is 167 g/mol. The van der Waals surface area contributed by atoms with Crippen molar-refractivity contribution in [2.24, 2.45) is 0 Å². The van der Waals surface area contributed by atoms with Gasteiger partial charge in [0.2, 0.25) is 0 Å². The quantitative estimate of drug-likeness (QED) is 0.667. The first kappa shape index (κ1) is 8.80. The van der Waals surface area contributed by atoms with E-state index in [2.05, 4.69) is 4.98 Å². The van der Waals surface area contributed by atoms with Crippen LogP contribution in [-0.4, -0.2) is 19.1 Å². The van der Waals surface area contributed by atoms with Crippen molar-refractivity contribution >= 4 is 11.5 Å². The third-order valence-electron chi connectivity index (χ3n) is 1.62. The molecule has 2 N–H and O–H groups in total. The zero-order valence-corrected chi connectivity index (χ0v) is 7.53. The summed E-state index contributed by atoms with van der Waals surface area (Å²) < 4.78 is 0. The smallest absolute Gasteiger partial charge is 0.175 e. The maximum absolute atomic E-state index is 5.68. The lowest BCUT2D eigenvalue weighted by Crippen LogP contribution is -2.18. The SMILES string of the molecule is CON(C)c1nc(C)ccc1N. The summed E-state index contributed by atoms with van der Waals surface area (Å²) >= 11 is 0. The molecule has 0 bridgehead atoms. The number of nitrogen functional groups attached to an aromatic ring is 1. The molecule has 0 unspecified atom stereocenters. The molecule has 1 heterocycles. The minimum atomic E-state index is 0.616. The Morgan fingerprint density at radius 3 is 2.75 bits per heavy atom. The van der Waals surface area contributed by atoms with Gasteiger partial charge in [0.1, 0.15) is 0 Å². The van der Waals surface area contributed by atoms with Gasteiger partial charge < -0.3 is 5.73 Å². The Hall–Kier alpha value is -1.29. The van der Waals surface area contributed by atoms with E-state index in [1.54, 1.807) is 14.2 Å². The van der Waals surface area contributed by atoms with Gasteiger partial charge in [-0.05, 0) is 19.1 Å². The molecule has 12 heavy (non-hydrogen) atoms. The number of anilines is 2. The second kappa shape index (κ2) is 3.40. The molecule has 0 aliphatic carbocycles. The van der Waals surface area contributed by atoms with Crippen molar-refractivity contribution in [3.05, 3.63) is 17.8 Å². The first-order chi connectivity index (χ1) is 5.65. The predicted octanol–water partition coefficient (Wildman–Crippen LogP) is 0.970. The third kappa shape index (κ3) is 1.65. The lowest BCUT2D eigenvalue weighted by atomic mass is 10.3. The molecule has 4 heteroatoms. The highest BCUT2D eigenvalue weighted by molar-refractivity contribution is 5.61. The topological polar surface area (TPSA) is 51.4 Å². The zero-order valence-electron chi connectivity index (χ0n) is 7.53. The lowest BCUT2D eigenvalue weighted by Gasteiger charge is -2.16.